The van der Waals surface area contributed by atoms with Gasteiger partial charge in [-0.3, -0.25) is 4.98 Å². The minimum atomic E-state index is -0.107. The first kappa shape index (κ1) is 18.3. The van der Waals surface area contributed by atoms with Crippen LogP contribution in [0.3, 0.4) is 0 Å². The highest BCUT2D eigenvalue weighted by molar-refractivity contribution is 7.09. The summed E-state index contributed by atoms with van der Waals surface area (Å²) in [4.78, 5) is 23.1. The van der Waals surface area contributed by atoms with Gasteiger partial charge in [0.25, 0.3) is 0 Å². The third kappa shape index (κ3) is 4.02. The van der Waals surface area contributed by atoms with Crippen LogP contribution < -0.4 is 5.32 Å². The number of thiazole rings is 1. The van der Waals surface area contributed by atoms with Gasteiger partial charge < -0.3 is 10.2 Å². The van der Waals surface area contributed by atoms with E-state index in [0.717, 1.165) is 32.7 Å². The first-order valence-electron chi connectivity index (χ1n) is 8.72. The summed E-state index contributed by atoms with van der Waals surface area (Å²) in [6.45, 7) is 7.29. The molecule has 0 saturated carbocycles. The molecule has 0 unspecified atom stereocenters. The second kappa shape index (κ2) is 7.83. The molecule has 0 fully saturated rings. The van der Waals surface area contributed by atoms with Crippen LogP contribution in [0, 0.1) is 6.92 Å². The molecule has 0 aliphatic carbocycles. The number of rotatable bonds is 5. The van der Waals surface area contributed by atoms with Gasteiger partial charge in [0, 0.05) is 36.5 Å². The number of nitrogens with zero attached hydrogens (tertiary/aromatic N) is 3. The van der Waals surface area contributed by atoms with Gasteiger partial charge >= 0.3 is 6.03 Å². The maximum absolute atomic E-state index is 12.5. The van der Waals surface area contributed by atoms with Gasteiger partial charge in [0.15, 0.2) is 0 Å². The fraction of sp³-hybridized carbons (Fsp3) is 0.350. The predicted molar refractivity (Wildman–Crippen MR) is 106 cm³/mol. The van der Waals surface area contributed by atoms with Gasteiger partial charge in [-0.1, -0.05) is 26.0 Å². The fourth-order valence-corrected chi connectivity index (χ4v) is 3.66. The van der Waals surface area contributed by atoms with E-state index in [2.05, 4.69) is 36.1 Å². The zero-order valence-electron chi connectivity index (χ0n) is 15.6. The van der Waals surface area contributed by atoms with Gasteiger partial charge in [-0.2, -0.15) is 0 Å². The lowest BCUT2D eigenvalue weighted by atomic mass is 10.0. The standard InChI is InChI=1S/C20H24N4OS/c1-13(2)19-23-15(12-26-19)11-24(4)20(25)22-10-17-14(3)7-8-18-16(17)6-5-9-21-18/h5-9,12-13H,10-11H2,1-4H3,(H,22,25). The summed E-state index contributed by atoms with van der Waals surface area (Å²) in [5, 5.41) is 7.23. The monoisotopic (exact) mass is 368 g/mol. The van der Waals surface area contributed by atoms with Crippen molar-refractivity contribution in [2.75, 3.05) is 7.05 Å². The Hall–Kier alpha value is -2.47. The van der Waals surface area contributed by atoms with Crippen molar-refractivity contribution < 1.29 is 4.79 Å². The van der Waals surface area contributed by atoms with Gasteiger partial charge in [-0.25, -0.2) is 9.78 Å². The number of nitrogens with one attached hydrogen (secondary N) is 1. The van der Waals surface area contributed by atoms with Crippen molar-refractivity contribution in [3.63, 3.8) is 0 Å². The van der Waals surface area contributed by atoms with Crippen molar-refractivity contribution in [1.82, 2.24) is 20.2 Å². The number of aromatic nitrogens is 2. The fourth-order valence-electron chi connectivity index (χ4n) is 2.83. The summed E-state index contributed by atoms with van der Waals surface area (Å²) >= 11 is 1.65. The van der Waals surface area contributed by atoms with Crippen LogP contribution in [0.5, 0.6) is 0 Å². The number of carbonyl (C=O) groups is 1. The maximum Gasteiger partial charge on any atom is 0.317 e. The van der Waals surface area contributed by atoms with Gasteiger partial charge in [0.05, 0.1) is 22.8 Å². The van der Waals surface area contributed by atoms with Crippen LogP contribution in [0.15, 0.2) is 35.8 Å². The number of hydrogen-bond donors (Lipinski definition) is 1. The zero-order valence-corrected chi connectivity index (χ0v) is 16.4. The predicted octanol–water partition coefficient (Wildman–Crippen LogP) is 4.46. The van der Waals surface area contributed by atoms with Crippen LogP contribution in [0.2, 0.25) is 0 Å². The molecule has 26 heavy (non-hydrogen) atoms. The minimum absolute atomic E-state index is 0.107. The van der Waals surface area contributed by atoms with Crippen LogP contribution in [0.25, 0.3) is 10.9 Å². The quantitative estimate of drug-likeness (QED) is 0.723. The summed E-state index contributed by atoms with van der Waals surface area (Å²) in [7, 11) is 1.79. The molecular formula is C20H24N4OS. The highest BCUT2D eigenvalue weighted by atomic mass is 32.1. The van der Waals surface area contributed by atoms with E-state index < -0.39 is 0 Å². The Morgan fingerprint density at radius 1 is 1.31 bits per heavy atom. The average Bonchev–Trinajstić information content (AvgIpc) is 3.09. The molecule has 1 aromatic carbocycles. The SMILES string of the molecule is Cc1ccc2ncccc2c1CNC(=O)N(C)Cc1csc(C(C)C)n1. The summed E-state index contributed by atoms with van der Waals surface area (Å²) < 4.78 is 0. The van der Waals surface area contributed by atoms with E-state index in [-0.39, 0.29) is 6.03 Å². The molecule has 0 aliphatic heterocycles. The van der Waals surface area contributed by atoms with Crippen molar-refractivity contribution in [1.29, 1.82) is 0 Å². The molecule has 0 radical (unpaired) electrons. The first-order chi connectivity index (χ1) is 12.5. The number of amides is 2. The number of pyridine rings is 1. The van der Waals surface area contributed by atoms with E-state index in [1.165, 1.54) is 0 Å². The molecule has 1 N–H and O–H groups in total. The second-order valence-corrected chi connectivity index (χ2v) is 7.67. The van der Waals surface area contributed by atoms with Crippen molar-refractivity contribution in [3.05, 3.63) is 57.7 Å². The van der Waals surface area contributed by atoms with Crippen LogP contribution in [0.1, 0.15) is 41.6 Å². The van der Waals surface area contributed by atoms with E-state index in [1.54, 1.807) is 29.5 Å². The Balaban J connectivity index is 1.66. The summed E-state index contributed by atoms with van der Waals surface area (Å²) in [6, 6.07) is 7.92. The van der Waals surface area contributed by atoms with Crippen LogP contribution in [-0.4, -0.2) is 27.9 Å². The lowest BCUT2D eigenvalue weighted by Gasteiger charge is -2.18. The Kier molecular flexibility index (Phi) is 5.52. The van der Waals surface area contributed by atoms with E-state index >= 15 is 0 Å². The third-order valence-electron chi connectivity index (χ3n) is 4.36. The van der Waals surface area contributed by atoms with Crippen molar-refractivity contribution in [2.45, 2.75) is 39.8 Å². The normalized spacial score (nSPS) is 11.1. The van der Waals surface area contributed by atoms with E-state index in [4.69, 9.17) is 0 Å². The lowest BCUT2D eigenvalue weighted by Crippen LogP contribution is -2.36. The minimum Gasteiger partial charge on any atom is -0.334 e. The molecule has 136 valence electrons. The molecule has 6 heteroatoms. The molecule has 2 amide bonds. The molecule has 2 aromatic heterocycles. The number of benzene rings is 1. The number of fused-ring (bicyclic) bond motifs is 1. The van der Waals surface area contributed by atoms with Crippen molar-refractivity contribution in [3.8, 4) is 0 Å². The molecule has 0 saturated heterocycles. The summed E-state index contributed by atoms with van der Waals surface area (Å²) in [5.41, 5.74) is 4.13. The molecule has 3 rings (SSSR count). The van der Waals surface area contributed by atoms with Crippen LogP contribution in [-0.2, 0) is 13.1 Å². The van der Waals surface area contributed by atoms with E-state index in [1.807, 2.05) is 29.6 Å². The smallest absolute Gasteiger partial charge is 0.317 e. The lowest BCUT2D eigenvalue weighted by molar-refractivity contribution is 0.206. The maximum atomic E-state index is 12.5. The molecule has 3 aromatic rings. The number of aryl methyl sites for hydroxylation is 1. The van der Waals surface area contributed by atoms with Crippen LogP contribution >= 0.6 is 11.3 Å². The second-order valence-electron chi connectivity index (χ2n) is 6.78. The number of hydrogen-bond acceptors (Lipinski definition) is 4. The molecule has 0 atom stereocenters. The summed E-state index contributed by atoms with van der Waals surface area (Å²) in [5.74, 6) is 0.413. The first-order valence-corrected chi connectivity index (χ1v) is 9.60. The van der Waals surface area contributed by atoms with Gasteiger partial charge in [0.2, 0.25) is 0 Å². The Morgan fingerprint density at radius 2 is 2.12 bits per heavy atom. The Labute approximate surface area is 158 Å². The average molecular weight is 369 g/mol. The molecular weight excluding hydrogens is 344 g/mol. The van der Waals surface area contributed by atoms with E-state index in [0.29, 0.717) is 19.0 Å². The third-order valence-corrected chi connectivity index (χ3v) is 5.55. The van der Waals surface area contributed by atoms with Crippen molar-refractivity contribution in [2.24, 2.45) is 0 Å². The van der Waals surface area contributed by atoms with Gasteiger partial charge in [0.1, 0.15) is 0 Å². The topological polar surface area (TPSA) is 58.1 Å². The molecule has 2 heterocycles. The Bertz CT molecular complexity index is 919. The number of urea groups is 1. The molecule has 5 nitrogen and oxygen atoms in total. The molecule has 0 aliphatic rings. The number of carbonyl (C=O) groups excluding carboxylic acids is 1. The zero-order chi connectivity index (χ0) is 18.7. The van der Waals surface area contributed by atoms with Crippen LogP contribution in [0.4, 0.5) is 4.79 Å². The largest absolute Gasteiger partial charge is 0.334 e. The van der Waals surface area contributed by atoms with Gasteiger partial charge in [-0.15, -0.1) is 11.3 Å². The highest BCUT2D eigenvalue weighted by Gasteiger charge is 2.13. The Morgan fingerprint density at radius 3 is 2.85 bits per heavy atom. The molecule has 0 bridgehead atoms. The van der Waals surface area contributed by atoms with Gasteiger partial charge in [-0.05, 0) is 30.2 Å². The molecule has 0 spiro atoms. The summed E-state index contributed by atoms with van der Waals surface area (Å²) in [6.07, 6.45) is 1.78. The highest BCUT2D eigenvalue weighted by Crippen LogP contribution is 2.21. The van der Waals surface area contributed by atoms with E-state index in [9.17, 15) is 4.79 Å². The van der Waals surface area contributed by atoms with Crippen molar-refractivity contribution >= 4 is 28.3 Å².